The Balaban J connectivity index is 1.97. The first kappa shape index (κ1) is 14.8. The molecular formula is C16H15ClN4S. The molecule has 1 aromatic carbocycles. The zero-order chi connectivity index (χ0) is 15.7. The number of benzene rings is 1. The van der Waals surface area contributed by atoms with Gasteiger partial charge in [-0.3, -0.25) is 0 Å². The van der Waals surface area contributed by atoms with Crippen LogP contribution in [0, 0.1) is 6.92 Å². The molecule has 112 valence electrons. The van der Waals surface area contributed by atoms with Crippen molar-refractivity contribution < 1.29 is 0 Å². The minimum absolute atomic E-state index is 0.589. The SMILES string of the molecule is CNC(=S)Nc1ccc(-c2nc3ccc(Cl)cn3c2C)cc1. The van der Waals surface area contributed by atoms with Gasteiger partial charge < -0.3 is 15.0 Å². The summed E-state index contributed by atoms with van der Waals surface area (Å²) in [5.74, 6) is 0. The Morgan fingerprint density at radius 1 is 1.18 bits per heavy atom. The average molecular weight is 331 g/mol. The van der Waals surface area contributed by atoms with Crippen molar-refractivity contribution in [2.24, 2.45) is 0 Å². The van der Waals surface area contributed by atoms with E-state index in [9.17, 15) is 0 Å². The van der Waals surface area contributed by atoms with Crippen LogP contribution in [0.4, 0.5) is 5.69 Å². The van der Waals surface area contributed by atoms with Crippen molar-refractivity contribution >= 4 is 40.3 Å². The number of imidazole rings is 1. The van der Waals surface area contributed by atoms with Crippen molar-refractivity contribution in [3.8, 4) is 11.3 Å². The molecule has 3 aromatic rings. The summed E-state index contributed by atoms with van der Waals surface area (Å²) in [5, 5.41) is 7.26. The van der Waals surface area contributed by atoms with Crippen molar-refractivity contribution in [3.63, 3.8) is 0 Å². The Kier molecular flexibility index (Phi) is 4.00. The van der Waals surface area contributed by atoms with Gasteiger partial charge >= 0.3 is 0 Å². The highest BCUT2D eigenvalue weighted by Gasteiger charge is 2.10. The maximum atomic E-state index is 6.05. The normalized spacial score (nSPS) is 10.7. The summed E-state index contributed by atoms with van der Waals surface area (Å²) >= 11 is 11.1. The molecule has 0 fully saturated rings. The first-order valence-electron chi connectivity index (χ1n) is 6.82. The van der Waals surface area contributed by atoms with E-state index in [0.29, 0.717) is 10.1 Å². The van der Waals surface area contributed by atoms with Crippen LogP contribution in [0.2, 0.25) is 5.02 Å². The molecule has 0 radical (unpaired) electrons. The number of aromatic nitrogens is 2. The predicted molar refractivity (Wildman–Crippen MR) is 95.7 cm³/mol. The van der Waals surface area contributed by atoms with E-state index >= 15 is 0 Å². The van der Waals surface area contributed by atoms with Crippen LogP contribution in [0.1, 0.15) is 5.69 Å². The van der Waals surface area contributed by atoms with Crippen molar-refractivity contribution in [2.75, 3.05) is 12.4 Å². The van der Waals surface area contributed by atoms with E-state index in [-0.39, 0.29) is 0 Å². The number of rotatable bonds is 2. The van der Waals surface area contributed by atoms with Gasteiger partial charge in [0.1, 0.15) is 5.65 Å². The van der Waals surface area contributed by atoms with Crippen molar-refractivity contribution in [2.45, 2.75) is 6.92 Å². The highest BCUT2D eigenvalue weighted by molar-refractivity contribution is 7.80. The molecule has 2 heterocycles. The lowest BCUT2D eigenvalue weighted by molar-refractivity contribution is 1.11. The Bertz CT molecular complexity index is 839. The molecule has 0 saturated heterocycles. The summed E-state index contributed by atoms with van der Waals surface area (Å²) in [6, 6.07) is 11.8. The minimum atomic E-state index is 0.589. The van der Waals surface area contributed by atoms with Crippen LogP contribution in [0.5, 0.6) is 0 Å². The molecular weight excluding hydrogens is 316 g/mol. The van der Waals surface area contributed by atoms with E-state index in [0.717, 1.165) is 28.3 Å². The van der Waals surface area contributed by atoms with E-state index in [1.807, 2.05) is 53.9 Å². The second kappa shape index (κ2) is 5.94. The fourth-order valence-corrected chi connectivity index (χ4v) is 2.59. The molecule has 0 aliphatic heterocycles. The van der Waals surface area contributed by atoms with E-state index in [1.54, 1.807) is 7.05 Å². The lowest BCUT2D eigenvalue weighted by atomic mass is 10.1. The molecule has 6 heteroatoms. The second-order valence-corrected chi connectivity index (χ2v) is 5.75. The second-order valence-electron chi connectivity index (χ2n) is 4.90. The fourth-order valence-electron chi connectivity index (χ4n) is 2.31. The number of pyridine rings is 1. The minimum Gasteiger partial charge on any atom is -0.366 e. The van der Waals surface area contributed by atoms with E-state index < -0.39 is 0 Å². The Hall–Kier alpha value is -2.11. The van der Waals surface area contributed by atoms with Crippen molar-refractivity contribution in [1.82, 2.24) is 14.7 Å². The summed E-state index contributed by atoms with van der Waals surface area (Å²) in [7, 11) is 1.79. The molecule has 0 amide bonds. The van der Waals surface area contributed by atoms with E-state index in [4.69, 9.17) is 23.8 Å². The number of anilines is 1. The summed E-state index contributed by atoms with van der Waals surface area (Å²) in [6.45, 7) is 2.04. The zero-order valence-electron chi connectivity index (χ0n) is 12.2. The first-order chi connectivity index (χ1) is 10.6. The molecule has 0 bridgehead atoms. The molecule has 22 heavy (non-hydrogen) atoms. The van der Waals surface area contributed by atoms with Crippen molar-refractivity contribution in [1.29, 1.82) is 0 Å². The third-order valence-corrected chi connectivity index (χ3v) is 3.99. The lowest BCUT2D eigenvalue weighted by Gasteiger charge is -2.07. The first-order valence-corrected chi connectivity index (χ1v) is 7.60. The van der Waals surface area contributed by atoms with Gasteiger partial charge in [-0.05, 0) is 43.4 Å². The quantitative estimate of drug-likeness (QED) is 0.700. The topological polar surface area (TPSA) is 41.4 Å². The number of hydrogen-bond acceptors (Lipinski definition) is 2. The Morgan fingerprint density at radius 2 is 1.91 bits per heavy atom. The maximum Gasteiger partial charge on any atom is 0.170 e. The summed E-state index contributed by atoms with van der Waals surface area (Å²) in [5.41, 5.74) is 4.88. The largest absolute Gasteiger partial charge is 0.366 e. The lowest BCUT2D eigenvalue weighted by Crippen LogP contribution is -2.23. The highest BCUT2D eigenvalue weighted by Crippen LogP contribution is 2.26. The maximum absolute atomic E-state index is 6.05. The third kappa shape index (κ3) is 2.77. The number of hydrogen-bond donors (Lipinski definition) is 2. The molecule has 3 rings (SSSR count). The number of aryl methyl sites for hydroxylation is 1. The molecule has 0 atom stereocenters. The number of thiocarbonyl (C=S) groups is 1. The summed E-state index contributed by atoms with van der Waals surface area (Å²) in [6.07, 6.45) is 1.88. The molecule has 0 spiro atoms. The number of nitrogens with one attached hydrogen (secondary N) is 2. The molecule has 2 aromatic heterocycles. The van der Waals surface area contributed by atoms with Gasteiger partial charge in [-0.2, -0.15) is 0 Å². The van der Waals surface area contributed by atoms with Gasteiger partial charge in [0.2, 0.25) is 0 Å². The van der Waals surface area contributed by atoms with Gasteiger partial charge in [0.15, 0.2) is 5.11 Å². The predicted octanol–water partition coefficient (Wildman–Crippen LogP) is 3.88. The van der Waals surface area contributed by atoms with Gasteiger partial charge in [-0.15, -0.1) is 0 Å². The molecule has 0 aliphatic rings. The van der Waals surface area contributed by atoms with Crippen LogP contribution in [0.25, 0.3) is 16.9 Å². The van der Waals surface area contributed by atoms with Crippen LogP contribution in [0.3, 0.4) is 0 Å². The van der Waals surface area contributed by atoms with Crippen LogP contribution in [0.15, 0.2) is 42.6 Å². The van der Waals surface area contributed by atoms with Gasteiger partial charge in [-0.1, -0.05) is 23.7 Å². The van der Waals surface area contributed by atoms with E-state index in [1.165, 1.54) is 0 Å². The zero-order valence-corrected chi connectivity index (χ0v) is 13.8. The average Bonchev–Trinajstić information content (AvgIpc) is 2.85. The van der Waals surface area contributed by atoms with Gasteiger partial charge in [0, 0.05) is 30.2 Å². The van der Waals surface area contributed by atoms with Crippen LogP contribution < -0.4 is 10.6 Å². The Labute approximate surface area is 139 Å². The molecule has 0 saturated carbocycles. The van der Waals surface area contributed by atoms with Crippen molar-refractivity contribution in [3.05, 3.63) is 53.3 Å². The number of nitrogens with zero attached hydrogens (tertiary/aromatic N) is 2. The van der Waals surface area contributed by atoms with Gasteiger partial charge in [-0.25, -0.2) is 4.98 Å². The van der Waals surface area contributed by atoms with Gasteiger partial charge in [0.05, 0.1) is 10.7 Å². The molecule has 2 N–H and O–H groups in total. The Morgan fingerprint density at radius 3 is 2.59 bits per heavy atom. The van der Waals surface area contributed by atoms with Gasteiger partial charge in [0.25, 0.3) is 0 Å². The molecule has 0 unspecified atom stereocenters. The van der Waals surface area contributed by atoms with Crippen LogP contribution in [-0.2, 0) is 0 Å². The van der Waals surface area contributed by atoms with E-state index in [2.05, 4.69) is 15.6 Å². The van der Waals surface area contributed by atoms with Crippen LogP contribution in [-0.4, -0.2) is 21.5 Å². The summed E-state index contributed by atoms with van der Waals surface area (Å²) in [4.78, 5) is 4.68. The fraction of sp³-hybridized carbons (Fsp3) is 0.125. The molecule has 0 aliphatic carbocycles. The number of halogens is 1. The monoisotopic (exact) mass is 330 g/mol. The number of fused-ring (bicyclic) bond motifs is 1. The summed E-state index contributed by atoms with van der Waals surface area (Å²) < 4.78 is 2.00. The third-order valence-electron chi connectivity index (χ3n) is 3.46. The smallest absolute Gasteiger partial charge is 0.170 e. The standard InChI is InChI=1S/C16H15ClN4S/c1-10-15(20-14-8-5-12(17)9-21(10)14)11-3-6-13(7-4-11)19-16(22)18-2/h3-9H,1-2H3,(H2,18,19,22). The van der Waals surface area contributed by atoms with Crippen LogP contribution >= 0.6 is 23.8 Å². The molecule has 4 nitrogen and oxygen atoms in total. The highest BCUT2D eigenvalue weighted by atomic mass is 35.5.